The monoisotopic (exact) mass is 333 g/mol. The Morgan fingerprint density at radius 2 is 2.48 bits per heavy atom. The van der Waals surface area contributed by atoms with E-state index in [1.54, 1.807) is 24.0 Å². The minimum Gasteiger partial charge on any atom is -0.350 e. The van der Waals surface area contributed by atoms with Crippen molar-refractivity contribution < 1.29 is 4.79 Å². The van der Waals surface area contributed by atoms with Gasteiger partial charge in [-0.15, -0.1) is 11.3 Å². The van der Waals surface area contributed by atoms with Gasteiger partial charge in [-0.25, -0.2) is 4.98 Å². The maximum atomic E-state index is 12.4. The van der Waals surface area contributed by atoms with Crippen LogP contribution in [0.5, 0.6) is 0 Å². The quantitative estimate of drug-likeness (QED) is 0.875. The Bertz CT molecular complexity index is 598. The molecule has 1 amide bonds. The number of nitrogens with zero attached hydrogens (tertiary/aromatic N) is 4. The molecule has 3 heterocycles. The molecule has 2 aromatic heterocycles. The highest BCUT2D eigenvalue weighted by Crippen LogP contribution is 2.20. The van der Waals surface area contributed by atoms with Crippen molar-refractivity contribution in [3.63, 3.8) is 0 Å². The minimum absolute atomic E-state index is 0.0893. The van der Waals surface area contributed by atoms with E-state index in [4.69, 9.17) is 0 Å². The van der Waals surface area contributed by atoms with Gasteiger partial charge in [0.25, 0.3) is 0 Å². The first-order chi connectivity index (χ1) is 11.2. The average molecular weight is 333 g/mol. The van der Waals surface area contributed by atoms with E-state index in [-0.39, 0.29) is 11.9 Å². The molecular formula is C16H23N5OS. The van der Waals surface area contributed by atoms with E-state index in [9.17, 15) is 4.79 Å². The molecule has 2 aromatic rings. The lowest BCUT2D eigenvalue weighted by atomic mass is 9.96. The SMILES string of the molecule is C[C@H](C(=O)NCc1cccs1)N1CCC[C@@H](Cn2cncn2)C1. The van der Waals surface area contributed by atoms with Crippen molar-refractivity contribution in [2.75, 3.05) is 13.1 Å². The topological polar surface area (TPSA) is 63.1 Å². The molecule has 6 nitrogen and oxygen atoms in total. The van der Waals surface area contributed by atoms with Gasteiger partial charge in [0.15, 0.2) is 0 Å². The van der Waals surface area contributed by atoms with Crippen LogP contribution in [0.4, 0.5) is 0 Å². The van der Waals surface area contributed by atoms with Gasteiger partial charge in [-0.1, -0.05) is 6.07 Å². The standard InChI is InChI=1S/C16H23N5OS/c1-13(16(22)18-8-15-5-3-7-23-15)20-6-2-4-14(9-20)10-21-12-17-11-19-21/h3,5,7,11-14H,2,4,6,8-10H2,1H3,(H,18,22)/t13-,14-/m1/s1. The highest BCUT2D eigenvalue weighted by molar-refractivity contribution is 7.09. The molecule has 7 heteroatoms. The largest absolute Gasteiger partial charge is 0.350 e. The molecule has 3 rings (SSSR count). The predicted octanol–water partition coefficient (Wildman–Crippen LogP) is 1.76. The van der Waals surface area contributed by atoms with Crippen LogP contribution in [0.3, 0.4) is 0 Å². The van der Waals surface area contributed by atoms with Gasteiger partial charge in [0, 0.05) is 18.0 Å². The van der Waals surface area contributed by atoms with Gasteiger partial charge in [-0.2, -0.15) is 5.10 Å². The van der Waals surface area contributed by atoms with Gasteiger partial charge < -0.3 is 5.32 Å². The van der Waals surface area contributed by atoms with Crippen LogP contribution in [0.1, 0.15) is 24.6 Å². The highest BCUT2D eigenvalue weighted by atomic mass is 32.1. The van der Waals surface area contributed by atoms with E-state index < -0.39 is 0 Å². The van der Waals surface area contributed by atoms with Gasteiger partial charge in [-0.05, 0) is 43.7 Å². The van der Waals surface area contributed by atoms with Gasteiger partial charge in [0.1, 0.15) is 12.7 Å². The second-order valence-electron chi connectivity index (χ2n) is 6.09. The summed E-state index contributed by atoms with van der Waals surface area (Å²) in [4.78, 5) is 19.9. The summed E-state index contributed by atoms with van der Waals surface area (Å²) in [5.41, 5.74) is 0. The molecule has 124 valence electrons. The van der Waals surface area contributed by atoms with Crippen molar-refractivity contribution in [1.29, 1.82) is 0 Å². The predicted molar refractivity (Wildman–Crippen MR) is 89.9 cm³/mol. The molecule has 0 bridgehead atoms. The number of thiophene rings is 1. The van der Waals surface area contributed by atoms with E-state index >= 15 is 0 Å². The number of amides is 1. The molecule has 0 aliphatic carbocycles. The number of nitrogens with one attached hydrogen (secondary N) is 1. The smallest absolute Gasteiger partial charge is 0.237 e. The Labute approximate surface area is 140 Å². The second-order valence-corrected chi connectivity index (χ2v) is 7.13. The van der Waals surface area contributed by atoms with Crippen molar-refractivity contribution >= 4 is 17.2 Å². The number of rotatable bonds is 6. The number of carbonyl (C=O) groups is 1. The minimum atomic E-state index is -0.0893. The van der Waals surface area contributed by atoms with E-state index in [1.165, 1.54) is 11.3 Å². The molecule has 0 saturated carbocycles. The molecule has 0 spiro atoms. The summed E-state index contributed by atoms with van der Waals surface area (Å²) in [6.45, 7) is 5.42. The van der Waals surface area contributed by atoms with E-state index in [1.807, 2.05) is 29.1 Å². The van der Waals surface area contributed by atoms with Crippen LogP contribution in [0.2, 0.25) is 0 Å². The number of aromatic nitrogens is 3. The van der Waals surface area contributed by atoms with Crippen molar-refractivity contribution in [2.24, 2.45) is 5.92 Å². The fourth-order valence-electron chi connectivity index (χ4n) is 3.09. The lowest BCUT2D eigenvalue weighted by molar-refractivity contribution is -0.126. The van der Waals surface area contributed by atoms with E-state index in [0.717, 1.165) is 26.1 Å². The third-order valence-electron chi connectivity index (χ3n) is 4.41. The molecule has 1 fully saturated rings. The summed E-state index contributed by atoms with van der Waals surface area (Å²) in [5.74, 6) is 0.637. The zero-order valence-corrected chi connectivity index (χ0v) is 14.2. The third kappa shape index (κ3) is 4.39. The van der Waals surface area contributed by atoms with Crippen LogP contribution in [-0.4, -0.2) is 44.7 Å². The van der Waals surface area contributed by atoms with Crippen LogP contribution in [-0.2, 0) is 17.9 Å². The van der Waals surface area contributed by atoms with E-state index in [0.29, 0.717) is 12.5 Å². The Kier molecular flexibility index (Phi) is 5.40. The summed E-state index contributed by atoms with van der Waals surface area (Å²) >= 11 is 1.67. The molecule has 0 unspecified atom stereocenters. The van der Waals surface area contributed by atoms with Crippen molar-refractivity contribution in [3.8, 4) is 0 Å². The number of likely N-dealkylation sites (tertiary alicyclic amines) is 1. The first-order valence-corrected chi connectivity index (χ1v) is 8.97. The number of hydrogen-bond acceptors (Lipinski definition) is 5. The molecule has 2 atom stereocenters. The van der Waals surface area contributed by atoms with Crippen LogP contribution in [0.25, 0.3) is 0 Å². The second kappa shape index (κ2) is 7.70. The zero-order valence-electron chi connectivity index (χ0n) is 13.4. The molecule has 1 aliphatic rings. The molecule has 1 aliphatic heterocycles. The Hall–Kier alpha value is -1.73. The molecule has 1 saturated heterocycles. The molecule has 0 aromatic carbocycles. The van der Waals surface area contributed by atoms with Crippen molar-refractivity contribution in [2.45, 2.75) is 38.9 Å². The summed E-state index contributed by atoms with van der Waals surface area (Å²) < 4.78 is 1.88. The van der Waals surface area contributed by atoms with Gasteiger partial charge in [-0.3, -0.25) is 14.4 Å². The number of hydrogen-bond donors (Lipinski definition) is 1. The zero-order chi connectivity index (χ0) is 16.1. The fraction of sp³-hybridized carbons (Fsp3) is 0.562. The molecule has 0 radical (unpaired) electrons. The van der Waals surface area contributed by atoms with Crippen LogP contribution >= 0.6 is 11.3 Å². The van der Waals surface area contributed by atoms with Gasteiger partial charge >= 0.3 is 0 Å². The maximum Gasteiger partial charge on any atom is 0.237 e. The first-order valence-electron chi connectivity index (χ1n) is 8.09. The molecule has 1 N–H and O–H groups in total. The summed E-state index contributed by atoms with van der Waals surface area (Å²) in [6.07, 6.45) is 5.64. The van der Waals surface area contributed by atoms with Crippen LogP contribution in [0.15, 0.2) is 30.2 Å². The number of carbonyl (C=O) groups excluding carboxylic acids is 1. The van der Waals surface area contributed by atoms with Gasteiger partial charge in [0.05, 0.1) is 12.6 Å². The Balaban J connectivity index is 1.49. The maximum absolute atomic E-state index is 12.4. The Morgan fingerprint density at radius 1 is 1.57 bits per heavy atom. The van der Waals surface area contributed by atoms with Crippen LogP contribution < -0.4 is 5.32 Å². The highest BCUT2D eigenvalue weighted by Gasteiger charge is 2.27. The molecule has 23 heavy (non-hydrogen) atoms. The van der Waals surface area contributed by atoms with Crippen molar-refractivity contribution in [1.82, 2.24) is 25.0 Å². The van der Waals surface area contributed by atoms with E-state index in [2.05, 4.69) is 20.3 Å². The van der Waals surface area contributed by atoms with Crippen molar-refractivity contribution in [3.05, 3.63) is 35.0 Å². The third-order valence-corrected chi connectivity index (χ3v) is 5.28. The lowest BCUT2D eigenvalue weighted by Gasteiger charge is -2.36. The van der Waals surface area contributed by atoms with Gasteiger partial charge in [0.2, 0.25) is 5.91 Å². The summed E-state index contributed by atoms with van der Waals surface area (Å²) in [7, 11) is 0. The average Bonchev–Trinajstić information content (AvgIpc) is 3.25. The Morgan fingerprint density at radius 3 is 3.22 bits per heavy atom. The van der Waals surface area contributed by atoms with Crippen LogP contribution in [0, 0.1) is 5.92 Å². The lowest BCUT2D eigenvalue weighted by Crippen LogP contribution is -2.49. The molecular weight excluding hydrogens is 310 g/mol. The normalized spacial score (nSPS) is 20.3. The first kappa shape index (κ1) is 16.1. The summed E-state index contributed by atoms with van der Waals surface area (Å²) in [5, 5.41) is 9.26. The fourth-order valence-corrected chi connectivity index (χ4v) is 3.74. The summed E-state index contributed by atoms with van der Waals surface area (Å²) in [6, 6.07) is 3.97. The number of piperidine rings is 1.